The van der Waals surface area contributed by atoms with Crippen LogP contribution in [0.25, 0.3) is 22.4 Å². The predicted octanol–water partition coefficient (Wildman–Crippen LogP) is 4.79. The molecule has 1 heterocycles. The number of nitrogen functional groups attached to an aromatic ring is 1. The number of pyridine rings is 1. The van der Waals surface area contributed by atoms with Crippen molar-refractivity contribution in [2.24, 2.45) is 0 Å². The van der Waals surface area contributed by atoms with Crippen molar-refractivity contribution >= 4 is 5.82 Å². The molecule has 118 valence electrons. The van der Waals surface area contributed by atoms with Crippen molar-refractivity contribution in [1.82, 2.24) is 4.98 Å². The molecule has 0 atom stereocenters. The van der Waals surface area contributed by atoms with E-state index in [0.717, 1.165) is 33.5 Å². The average Bonchev–Trinajstić information content (AvgIpc) is 2.57. The first kappa shape index (κ1) is 15.8. The summed E-state index contributed by atoms with van der Waals surface area (Å²) in [5, 5.41) is 9.58. The maximum absolute atomic E-state index is 9.58. The molecule has 0 amide bonds. The maximum atomic E-state index is 9.58. The van der Waals surface area contributed by atoms with Crippen LogP contribution in [-0.4, -0.2) is 4.98 Å². The molecule has 24 heavy (non-hydrogen) atoms. The van der Waals surface area contributed by atoms with Gasteiger partial charge in [-0.3, -0.25) is 0 Å². The number of hydrogen-bond acceptors (Lipinski definition) is 3. The summed E-state index contributed by atoms with van der Waals surface area (Å²) in [7, 11) is 0. The van der Waals surface area contributed by atoms with Crippen molar-refractivity contribution in [1.29, 1.82) is 5.26 Å². The second-order valence-corrected chi connectivity index (χ2v) is 6.07. The Morgan fingerprint density at radius 3 is 2.25 bits per heavy atom. The number of nitrogens with zero attached hydrogens (tertiary/aromatic N) is 2. The Morgan fingerprint density at radius 2 is 1.62 bits per heavy atom. The third-order valence-electron chi connectivity index (χ3n) is 4.21. The highest BCUT2D eigenvalue weighted by Crippen LogP contribution is 2.36. The van der Waals surface area contributed by atoms with E-state index in [0.29, 0.717) is 5.56 Å². The largest absolute Gasteiger partial charge is 0.383 e. The van der Waals surface area contributed by atoms with Crippen molar-refractivity contribution in [2.45, 2.75) is 20.8 Å². The van der Waals surface area contributed by atoms with E-state index in [4.69, 9.17) is 5.73 Å². The summed E-state index contributed by atoms with van der Waals surface area (Å²) >= 11 is 0. The van der Waals surface area contributed by atoms with Gasteiger partial charge >= 0.3 is 0 Å². The molecule has 3 heteroatoms. The number of rotatable bonds is 2. The standard InChI is InChI=1S/C21H19N3/c1-13-7-9-16(10-8-13)20-15(3)19(18(12-22)21(23)24-20)17-6-4-5-14(2)11-17/h4-11H,1-3H3,(H2,23,24). The molecule has 2 N–H and O–H groups in total. The zero-order valence-corrected chi connectivity index (χ0v) is 14.1. The van der Waals surface area contributed by atoms with Crippen LogP contribution >= 0.6 is 0 Å². The lowest BCUT2D eigenvalue weighted by Crippen LogP contribution is -2.03. The summed E-state index contributed by atoms with van der Waals surface area (Å²) in [4.78, 5) is 4.51. The van der Waals surface area contributed by atoms with E-state index in [9.17, 15) is 5.26 Å². The van der Waals surface area contributed by atoms with Gasteiger partial charge in [0.2, 0.25) is 0 Å². The zero-order chi connectivity index (χ0) is 17.3. The molecule has 0 aliphatic heterocycles. The predicted molar refractivity (Wildman–Crippen MR) is 98.4 cm³/mol. The van der Waals surface area contributed by atoms with Crippen LogP contribution in [-0.2, 0) is 0 Å². The number of nitriles is 1. The summed E-state index contributed by atoms with van der Waals surface area (Å²) < 4.78 is 0. The molecule has 0 aliphatic rings. The van der Waals surface area contributed by atoms with Gasteiger partial charge < -0.3 is 5.73 Å². The van der Waals surface area contributed by atoms with Gasteiger partial charge in [-0.1, -0.05) is 59.7 Å². The van der Waals surface area contributed by atoms with Crippen LogP contribution in [0.15, 0.2) is 48.5 Å². The summed E-state index contributed by atoms with van der Waals surface area (Å²) in [5.41, 5.74) is 13.5. The molecule has 0 fully saturated rings. The summed E-state index contributed by atoms with van der Waals surface area (Å²) in [6.45, 7) is 6.09. The van der Waals surface area contributed by atoms with E-state index in [1.54, 1.807) is 0 Å². The Kier molecular flexibility index (Phi) is 4.05. The molecule has 2 aromatic carbocycles. The van der Waals surface area contributed by atoms with Crippen LogP contribution in [0.2, 0.25) is 0 Å². The third kappa shape index (κ3) is 2.75. The van der Waals surface area contributed by atoms with Crippen LogP contribution in [0, 0.1) is 32.1 Å². The van der Waals surface area contributed by atoms with E-state index >= 15 is 0 Å². The molecule has 0 saturated heterocycles. The Hall–Kier alpha value is -3.12. The highest BCUT2D eigenvalue weighted by Gasteiger charge is 2.18. The van der Waals surface area contributed by atoms with Crippen LogP contribution in [0.1, 0.15) is 22.3 Å². The third-order valence-corrected chi connectivity index (χ3v) is 4.21. The number of aromatic nitrogens is 1. The molecular weight excluding hydrogens is 294 g/mol. The molecule has 0 bridgehead atoms. The summed E-state index contributed by atoms with van der Waals surface area (Å²) in [6, 6.07) is 18.5. The van der Waals surface area contributed by atoms with Crippen LogP contribution in [0.5, 0.6) is 0 Å². The Labute approximate surface area is 142 Å². The smallest absolute Gasteiger partial charge is 0.142 e. The molecule has 0 aliphatic carbocycles. The minimum absolute atomic E-state index is 0.273. The van der Waals surface area contributed by atoms with E-state index in [1.807, 2.05) is 44.2 Å². The molecular formula is C21H19N3. The first-order valence-corrected chi connectivity index (χ1v) is 7.85. The molecule has 0 saturated carbocycles. The Balaban J connectivity index is 2.32. The topological polar surface area (TPSA) is 62.7 Å². The number of hydrogen-bond donors (Lipinski definition) is 1. The van der Waals surface area contributed by atoms with Gasteiger partial charge in [0.1, 0.15) is 17.5 Å². The van der Waals surface area contributed by atoms with Crippen LogP contribution in [0.4, 0.5) is 5.82 Å². The minimum Gasteiger partial charge on any atom is -0.383 e. The number of benzene rings is 2. The van der Waals surface area contributed by atoms with Gasteiger partial charge in [0.05, 0.1) is 5.69 Å². The minimum atomic E-state index is 0.273. The van der Waals surface area contributed by atoms with E-state index in [-0.39, 0.29) is 5.82 Å². The first-order valence-electron chi connectivity index (χ1n) is 7.85. The Bertz CT molecular complexity index is 948. The zero-order valence-electron chi connectivity index (χ0n) is 14.1. The summed E-state index contributed by atoms with van der Waals surface area (Å²) in [6.07, 6.45) is 0. The number of aryl methyl sites for hydroxylation is 2. The van der Waals surface area contributed by atoms with Gasteiger partial charge in [0.25, 0.3) is 0 Å². The van der Waals surface area contributed by atoms with E-state index in [2.05, 4.69) is 36.2 Å². The fourth-order valence-corrected chi connectivity index (χ4v) is 2.96. The van der Waals surface area contributed by atoms with Gasteiger partial charge in [-0.15, -0.1) is 0 Å². The normalized spacial score (nSPS) is 10.4. The molecule has 3 aromatic rings. The van der Waals surface area contributed by atoms with Crippen LogP contribution in [0.3, 0.4) is 0 Å². The van der Waals surface area contributed by atoms with Gasteiger partial charge in [-0.05, 0) is 31.9 Å². The lowest BCUT2D eigenvalue weighted by molar-refractivity contribution is 1.25. The second kappa shape index (κ2) is 6.17. The molecule has 3 nitrogen and oxygen atoms in total. The van der Waals surface area contributed by atoms with Gasteiger partial charge in [0, 0.05) is 11.1 Å². The van der Waals surface area contributed by atoms with Gasteiger partial charge in [-0.25, -0.2) is 4.98 Å². The molecule has 0 spiro atoms. The van der Waals surface area contributed by atoms with Crippen molar-refractivity contribution < 1.29 is 0 Å². The monoisotopic (exact) mass is 313 g/mol. The fraction of sp³-hybridized carbons (Fsp3) is 0.143. The number of anilines is 1. The lowest BCUT2D eigenvalue weighted by atomic mass is 9.92. The highest BCUT2D eigenvalue weighted by atomic mass is 14.9. The molecule has 1 aromatic heterocycles. The second-order valence-electron chi connectivity index (χ2n) is 6.07. The SMILES string of the molecule is Cc1ccc(-c2nc(N)c(C#N)c(-c3cccc(C)c3)c2C)cc1. The van der Waals surface area contributed by atoms with E-state index in [1.165, 1.54) is 5.56 Å². The van der Waals surface area contributed by atoms with E-state index < -0.39 is 0 Å². The first-order chi connectivity index (χ1) is 11.5. The van der Waals surface area contributed by atoms with Crippen molar-refractivity contribution in [3.63, 3.8) is 0 Å². The summed E-state index contributed by atoms with van der Waals surface area (Å²) in [5.74, 6) is 0.273. The molecule has 3 rings (SSSR count). The number of nitrogens with two attached hydrogens (primary N) is 1. The highest BCUT2D eigenvalue weighted by molar-refractivity contribution is 5.84. The van der Waals surface area contributed by atoms with Crippen molar-refractivity contribution in [3.05, 3.63) is 70.8 Å². The molecule has 0 radical (unpaired) electrons. The van der Waals surface area contributed by atoms with Gasteiger partial charge in [0.15, 0.2) is 0 Å². The average molecular weight is 313 g/mol. The van der Waals surface area contributed by atoms with Crippen LogP contribution < -0.4 is 5.73 Å². The Morgan fingerprint density at radius 1 is 0.917 bits per heavy atom. The maximum Gasteiger partial charge on any atom is 0.142 e. The molecule has 0 unspecified atom stereocenters. The quantitative estimate of drug-likeness (QED) is 0.739. The van der Waals surface area contributed by atoms with Gasteiger partial charge in [-0.2, -0.15) is 5.26 Å². The van der Waals surface area contributed by atoms with Crippen molar-refractivity contribution in [3.8, 4) is 28.5 Å². The van der Waals surface area contributed by atoms with Crippen molar-refractivity contribution in [2.75, 3.05) is 5.73 Å². The lowest BCUT2D eigenvalue weighted by Gasteiger charge is -2.15. The fourth-order valence-electron chi connectivity index (χ4n) is 2.96.